The average molecular weight is 589 g/mol. The van der Waals surface area contributed by atoms with E-state index in [-0.39, 0.29) is 0 Å². The third kappa shape index (κ3) is 4.23. The van der Waals surface area contributed by atoms with Crippen molar-refractivity contribution >= 4 is 77.6 Å². The summed E-state index contributed by atoms with van der Waals surface area (Å²) in [5.41, 5.74) is 6.34. The fraction of sp³-hybridized carbons (Fsp3) is 0. The van der Waals surface area contributed by atoms with Crippen molar-refractivity contribution in [2.45, 2.75) is 0 Å². The van der Waals surface area contributed by atoms with Crippen LogP contribution in [0.5, 0.6) is 0 Å². The highest BCUT2D eigenvalue weighted by molar-refractivity contribution is 6.28. The van der Waals surface area contributed by atoms with E-state index in [1.165, 1.54) is 26.9 Å². The van der Waals surface area contributed by atoms with Crippen molar-refractivity contribution in [3.05, 3.63) is 170 Å². The molecule has 46 heavy (non-hydrogen) atoms. The monoisotopic (exact) mass is 588 g/mol. The first-order valence-corrected chi connectivity index (χ1v) is 15.5. The number of fused-ring (bicyclic) bond motifs is 1. The molecule has 8 aromatic carbocycles. The van der Waals surface area contributed by atoms with Crippen LogP contribution in [0.25, 0.3) is 43.2 Å². The summed E-state index contributed by atoms with van der Waals surface area (Å²) in [4.78, 5) is 14.5. The first kappa shape index (κ1) is 26.2. The van der Waals surface area contributed by atoms with Gasteiger partial charge in [-0.2, -0.15) is 0 Å². The lowest BCUT2D eigenvalue weighted by Gasteiger charge is -2.28. The van der Waals surface area contributed by atoms with Crippen LogP contribution in [0.3, 0.4) is 0 Å². The smallest absolute Gasteiger partial charge is 0.235 e. The van der Waals surface area contributed by atoms with Crippen molar-refractivity contribution in [2.75, 3.05) is 9.80 Å². The van der Waals surface area contributed by atoms with E-state index in [4.69, 9.17) is 9.97 Å². The molecule has 0 saturated carbocycles. The summed E-state index contributed by atoms with van der Waals surface area (Å²) >= 11 is 0. The zero-order valence-corrected chi connectivity index (χ0v) is 25.0. The van der Waals surface area contributed by atoms with E-state index in [1.54, 1.807) is 0 Å². The predicted molar refractivity (Wildman–Crippen MR) is 193 cm³/mol. The Kier molecular flexibility index (Phi) is 6.10. The summed E-state index contributed by atoms with van der Waals surface area (Å²) in [6.07, 6.45) is 1.91. The molecule has 0 atom stereocenters. The molecule has 9 rings (SSSR count). The highest BCUT2D eigenvalue weighted by Crippen LogP contribution is 2.46. The second-order valence-corrected chi connectivity index (χ2v) is 11.5. The van der Waals surface area contributed by atoms with Crippen LogP contribution in [0, 0.1) is 0 Å². The molecule has 0 aliphatic carbocycles. The maximum Gasteiger partial charge on any atom is 0.235 e. The second-order valence-electron chi connectivity index (χ2n) is 11.5. The van der Waals surface area contributed by atoms with E-state index >= 15 is 0 Å². The van der Waals surface area contributed by atoms with E-state index in [0.29, 0.717) is 5.95 Å². The average Bonchev–Trinajstić information content (AvgIpc) is 3.13. The van der Waals surface area contributed by atoms with Gasteiger partial charge in [0, 0.05) is 39.4 Å². The Morgan fingerprint density at radius 1 is 0.370 bits per heavy atom. The molecule has 0 aliphatic heterocycles. The lowest BCUT2D eigenvalue weighted by Crippen LogP contribution is -2.14. The van der Waals surface area contributed by atoms with Gasteiger partial charge in [0.25, 0.3) is 0 Å². The van der Waals surface area contributed by atoms with Crippen LogP contribution in [-0.4, -0.2) is 9.97 Å². The van der Waals surface area contributed by atoms with Crippen LogP contribution in [0.1, 0.15) is 0 Å². The minimum atomic E-state index is 0.639. The number of aromatic nitrogens is 2. The molecule has 4 heteroatoms. The lowest BCUT2D eigenvalue weighted by molar-refractivity contribution is 1.11. The van der Waals surface area contributed by atoms with Crippen LogP contribution in [-0.2, 0) is 0 Å². The third-order valence-corrected chi connectivity index (χ3v) is 8.82. The fourth-order valence-corrected chi connectivity index (χ4v) is 6.75. The van der Waals surface area contributed by atoms with E-state index < -0.39 is 0 Å². The highest BCUT2D eigenvalue weighted by Gasteiger charge is 2.22. The van der Waals surface area contributed by atoms with Crippen LogP contribution in [0.2, 0.25) is 0 Å². The van der Waals surface area contributed by atoms with Crippen LogP contribution in [0.15, 0.2) is 170 Å². The molecule has 1 aromatic heterocycles. The Morgan fingerprint density at radius 2 is 0.826 bits per heavy atom. The van der Waals surface area contributed by atoms with Gasteiger partial charge in [-0.3, -0.25) is 4.90 Å². The SMILES string of the molecule is c1ccc(N(c2ccccc2)c2ccc3ccc4c(N(c5ccccc5)c5ncc6ccccc6n5)ccc5ccc2c3c54)cc1. The quantitative estimate of drug-likeness (QED) is 0.181. The first-order chi connectivity index (χ1) is 22.8. The van der Waals surface area contributed by atoms with Crippen LogP contribution >= 0.6 is 0 Å². The Hall–Kier alpha value is -6.26. The van der Waals surface area contributed by atoms with Gasteiger partial charge in [-0.05, 0) is 76.1 Å². The molecule has 0 N–H and O–H groups in total. The van der Waals surface area contributed by atoms with Crippen molar-refractivity contribution in [1.29, 1.82) is 0 Å². The third-order valence-electron chi connectivity index (χ3n) is 8.82. The molecular formula is C42H28N4. The molecule has 0 unspecified atom stereocenters. The molecule has 1 heterocycles. The number of para-hydroxylation sites is 4. The molecule has 0 saturated heterocycles. The minimum Gasteiger partial charge on any atom is -0.310 e. The van der Waals surface area contributed by atoms with Crippen molar-refractivity contribution in [2.24, 2.45) is 0 Å². The second kappa shape index (κ2) is 10.7. The molecular weight excluding hydrogens is 560 g/mol. The predicted octanol–water partition coefficient (Wildman–Crippen LogP) is 11.5. The van der Waals surface area contributed by atoms with Gasteiger partial charge in [-0.15, -0.1) is 0 Å². The zero-order valence-electron chi connectivity index (χ0n) is 25.0. The number of rotatable bonds is 6. The molecule has 9 aromatic rings. The maximum atomic E-state index is 5.05. The number of hydrogen-bond donors (Lipinski definition) is 0. The molecule has 0 amide bonds. The van der Waals surface area contributed by atoms with Crippen molar-refractivity contribution in [1.82, 2.24) is 9.97 Å². The molecule has 216 valence electrons. The standard InChI is InChI=1S/C42H28N4/c1-4-13-32(14-5-1)45(33-15-6-2-7-16-33)38-26-22-29-21-25-36-39(27-23-30-20-24-35(38)40(29)41(30)36)46(34-17-8-3-9-18-34)42-43-28-31-12-10-11-19-37(31)44-42/h1-28H. The van der Waals surface area contributed by atoms with E-state index in [9.17, 15) is 0 Å². The van der Waals surface area contributed by atoms with Gasteiger partial charge in [0.1, 0.15) is 0 Å². The van der Waals surface area contributed by atoms with Crippen molar-refractivity contribution in [3.8, 4) is 0 Å². The molecule has 0 spiro atoms. The molecule has 0 aliphatic rings. The first-order valence-electron chi connectivity index (χ1n) is 15.5. The summed E-state index contributed by atoms with van der Waals surface area (Å²) in [5, 5.41) is 8.27. The Labute approximate surface area is 266 Å². The number of nitrogens with zero attached hydrogens (tertiary/aromatic N) is 4. The summed E-state index contributed by atoms with van der Waals surface area (Å²) in [6.45, 7) is 0. The van der Waals surface area contributed by atoms with E-state index in [2.05, 4.69) is 143 Å². The Balaban J connectivity index is 1.32. The van der Waals surface area contributed by atoms with Gasteiger partial charge in [-0.25, -0.2) is 9.97 Å². The molecule has 0 fully saturated rings. The van der Waals surface area contributed by atoms with Gasteiger partial charge in [0.15, 0.2) is 0 Å². The van der Waals surface area contributed by atoms with Gasteiger partial charge >= 0.3 is 0 Å². The van der Waals surface area contributed by atoms with E-state index in [0.717, 1.165) is 44.7 Å². The summed E-state index contributed by atoms with van der Waals surface area (Å²) in [5.74, 6) is 0.639. The van der Waals surface area contributed by atoms with Gasteiger partial charge in [0.2, 0.25) is 5.95 Å². The zero-order chi connectivity index (χ0) is 30.5. The fourth-order valence-electron chi connectivity index (χ4n) is 6.75. The summed E-state index contributed by atoms with van der Waals surface area (Å²) in [7, 11) is 0. The Morgan fingerprint density at radius 3 is 1.39 bits per heavy atom. The normalized spacial score (nSPS) is 11.5. The summed E-state index contributed by atoms with van der Waals surface area (Å²) in [6, 6.07) is 57.7. The molecule has 0 radical (unpaired) electrons. The van der Waals surface area contributed by atoms with Crippen LogP contribution < -0.4 is 9.80 Å². The highest BCUT2D eigenvalue weighted by atomic mass is 15.3. The van der Waals surface area contributed by atoms with Gasteiger partial charge in [0.05, 0.1) is 16.9 Å². The van der Waals surface area contributed by atoms with Crippen LogP contribution in [0.4, 0.5) is 34.4 Å². The summed E-state index contributed by atoms with van der Waals surface area (Å²) < 4.78 is 0. The number of anilines is 6. The van der Waals surface area contributed by atoms with Gasteiger partial charge in [-0.1, -0.05) is 109 Å². The topological polar surface area (TPSA) is 32.3 Å². The largest absolute Gasteiger partial charge is 0.310 e. The van der Waals surface area contributed by atoms with E-state index in [1.807, 2.05) is 36.5 Å². The molecule has 0 bridgehead atoms. The number of hydrogen-bond acceptors (Lipinski definition) is 4. The Bertz CT molecular complexity index is 2440. The molecule has 4 nitrogen and oxygen atoms in total. The lowest BCUT2D eigenvalue weighted by atomic mass is 9.92. The number of benzene rings is 8. The van der Waals surface area contributed by atoms with Gasteiger partial charge < -0.3 is 4.90 Å². The van der Waals surface area contributed by atoms with Crippen molar-refractivity contribution in [3.63, 3.8) is 0 Å². The van der Waals surface area contributed by atoms with Crippen molar-refractivity contribution < 1.29 is 0 Å². The maximum absolute atomic E-state index is 5.05. The minimum absolute atomic E-state index is 0.639.